The van der Waals surface area contributed by atoms with E-state index in [1.807, 2.05) is 37.3 Å². The predicted octanol–water partition coefficient (Wildman–Crippen LogP) is 4.11. The van der Waals surface area contributed by atoms with E-state index in [1.165, 1.54) is 11.6 Å². The summed E-state index contributed by atoms with van der Waals surface area (Å²) in [6.07, 6.45) is -4.40. The first kappa shape index (κ1) is 23.4. The fourth-order valence-electron chi connectivity index (χ4n) is 3.75. The lowest BCUT2D eigenvalue weighted by Gasteiger charge is -2.26. The van der Waals surface area contributed by atoms with Gasteiger partial charge in [0.25, 0.3) is 5.91 Å². The van der Waals surface area contributed by atoms with E-state index < -0.39 is 29.8 Å². The number of aliphatic hydroxyl groups is 1. The molecular weight excluding hydrogens is 447 g/mol. The maximum absolute atomic E-state index is 13.3. The monoisotopic (exact) mass is 469 g/mol. The van der Waals surface area contributed by atoms with Gasteiger partial charge in [0.2, 0.25) is 5.60 Å². The number of carbonyl (C=O) groups is 1. The number of pyridine rings is 1. The summed E-state index contributed by atoms with van der Waals surface area (Å²) in [7, 11) is 0. The van der Waals surface area contributed by atoms with Crippen molar-refractivity contribution in [1.82, 2.24) is 20.0 Å². The van der Waals surface area contributed by atoms with Crippen LogP contribution in [0.1, 0.15) is 40.7 Å². The van der Waals surface area contributed by atoms with Crippen molar-refractivity contribution in [3.05, 3.63) is 77.2 Å². The number of nitrogens with zero attached hydrogens (tertiary/aromatic N) is 4. The average Bonchev–Trinajstić information content (AvgIpc) is 3.26. The van der Waals surface area contributed by atoms with Gasteiger partial charge in [-0.2, -0.15) is 13.2 Å². The summed E-state index contributed by atoms with van der Waals surface area (Å²) >= 11 is 0. The number of hydrogen-bond acceptors (Lipinski definition) is 5. The van der Waals surface area contributed by atoms with E-state index in [4.69, 9.17) is 5.73 Å². The number of nitrogens with two attached hydrogens (primary N) is 1. The third-order valence-corrected chi connectivity index (χ3v) is 5.78. The van der Waals surface area contributed by atoms with E-state index in [0.29, 0.717) is 11.1 Å². The lowest BCUT2D eigenvalue weighted by Crippen LogP contribution is -2.42. The Bertz CT molecular complexity index is 1370. The van der Waals surface area contributed by atoms with Gasteiger partial charge in [0, 0.05) is 5.39 Å². The molecule has 34 heavy (non-hydrogen) atoms. The van der Waals surface area contributed by atoms with E-state index in [-0.39, 0.29) is 12.2 Å². The van der Waals surface area contributed by atoms with Crippen molar-refractivity contribution in [2.24, 2.45) is 5.73 Å². The van der Waals surface area contributed by atoms with Crippen LogP contribution in [0, 0.1) is 6.92 Å². The first-order chi connectivity index (χ1) is 16.0. The van der Waals surface area contributed by atoms with E-state index in [2.05, 4.69) is 15.3 Å². The van der Waals surface area contributed by atoms with Crippen LogP contribution in [0.15, 0.2) is 54.7 Å². The Kier molecular flexibility index (Phi) is 5.86. The Balaban J connectivity index is 1.73. The van der Waals surface area contributed by atoms with Crippen LogP contribution >= 0.6 is 0 Å². The second-order valence-electron chi connectivity index (χ2n) is 8.15. The fraction of sp³-hybridized carbons (Fsp3) is 0.250. The summed E-state index contributed by atoms with van der Waals surface area (Å²) in [5.74, 6) is -0.674. The molecule has 0 aliphatic heterocycles. The second kappa shape index (κ2) is 8.53. The standard InChI is InChI=1S/C24H22F3N5O2/c1-3-23(34,24(25,26)27)21-13-32(31-30-21)12-15-6-9-17-18(16-7-4-14(2)5-8-16)11-20(22(28)33)29-19(17)10-15/h4-11,13,34H,3,12H2,1-2H3,(H2,28,33). The van der Waals surface area contributed by atoms with Crippen molar-refractivity contribution in [2.45, 2.75) is 38.6 Å². The van der Waals surface area contributed by atoms with E-state index in [9.17, 15) is 23.1 Å². The Morgan fingerprint density at radius 1 is 1.12 bits per heavy atom. The number of benzene rings is 2. The van der Waals surface area contributed by atoms with Crippen molar-refractivity contribution < 1.29 is 23.1 Å². The van der Waals surface area contributed by atoms with Crippen LogP contribution in [0.25, 0.3) is 22.0 Å². The van der Waals surface area contributed by atoms with Crippen LogP contribution in [0.3, 0.4) is 0 Å². The number of hydrogen-bond donors (Lipinski definition) is 2. The number of halogens is 3. The number of fused-ring (bicyclic) bond motifs is 1. The average molecular weight is 469 g/mol. The number of aromatic nitrogens is 4. The SMILES string of the molecule is CCC(O)(c1cn(Cc2ccc3c(-c4ccc(C)cc4)cc(C(N)=O)nc3c2)nn1)C(F)(F)F. The lowest BCUT2D eigenvalue weighted by atomic mass is 9.96. The molecule has 176 valence electrons. The second-order valence-corrected chi connectivity index (χ2v) is 8.15. The lowest BCUT2D eigenvalue weighted by molar-refractivity contribution is -0.269. The molecule has 4 aromatic rings. The Labute approximate surface area is 193 Å². The highest BCUT2D eigenvalue weighted by atomic mass is 19.4. The molecule has 2 heterocycles. The first-order valence-corrected chi connectivity index (χ1v) is 10.5. The van der Waals surface area contributed by atoms with Crippen LogP contribution in [0.5, 0.6) is 0 Å². The van der Waals surface area contributed by atoms with Gasteiger partial charge in [-0.25, -0.2) is 9.67 Å². The molecule has 0 spiro atoms. The van der Waals surface area contributed by atoms with E-state index in [1.54, 1.807) is 18.2 Å². The van der Waals surface area contributed by atoms with Crippen molar-refractivity contribution in [3.8, 4) is 11.1 Å². The van der Waals surface area contributed by atoms with Crippen LogP contribution in [-0.4, -0.2) is 37.2 Å². The quantitative estimate of drug-likeness (QED) is 0.442. The molecule has 3 N–H and O–H groups in total. The van der Waals surface area contributed by atoms with Crippen LogP contribution in [0.2, 0.25) is 0 Å². The Hall–Kier alpha value is -3.79. The number of carbonyl (C=O) groups excluding carboxylic acids is 1. The molecule has 0 aliphatic rings. The van der Waals surface area contributed by atoms with Crippen molar-refractivity contribution in [1.29, 1.82) is 0 Å². The van der Waals surface area contributed by atoms with Gasteiger partial charge in [0.15, 0.2) is 0 Å². The number of alkyl halides is 3. The van der Waals surface area contributed by atoms with Gasteiger partial charge >= 0.3 is 6.18 Å². The molecule has 2 aromatic heterocycles. The number of primary amides is 1. The highest BCUT2D eigenvalue weighted by Crippen LogP contribution is 2.40. The zero-order valence-electron chi connectivity index (χ0n) is 18.5. The normalized spacial score (nSPS) is 13.7. The molecule has 0 radical (unpaired) electrons. The van der Waals surface area contributed by atoms with Crippen molar-refractivity contribution in [3.63, 3.8) is 0 Å². The van der Waals surface area contributed by atoms with Gasteiger partial charge in [-0.1, -0.05) is 54.1 Å². The molecule has 7 nitrogen and oxygen atoms in total. The van der Waals surface area contributed by atoms with Crippen LogP contribution in [0.4, 0.5) is 13.2 Å². The fourth-order valence-corrected chi connectivity index (χ4v) is 3.75. The molecule has 10 heteroatoms. The smallest absolute Gasteiger partial charge is 0.375 e. The molecule has 0 bridgehead atoms. The summed E-state index contributed by atoms with van der Waals surface area (Å²) in [4.78, 5) is 16.2. The minimum Gasteiger partial charge on any atom is -0.375 e. The van der Waals surface area contributed by atoms with Crippen molar-refractivity contribution >= 4 is 16.8 Å². The third kappa shape index (κ3) is 4.24. The maximum atomic E-state index is 13.3. The van der Waals surface area contributed by atoms with Gasteiger partial charge in [0.05, 0.1) is 18.3 Å². The molecule has 1 amide bonds. The minimum atomic E-state index is -4.88. The largest absolute Gasteiger partial charge is 0.423 e. The summed E-state index contributed by atoms with van der Waals surface area (Å²) < 4.78 is 41.2. The van der Waals surface area contributed by atoms with Crippen LogP contribution in [-0.2, 0) is 12.1 Å². The molecule has 0 saturated heterocycles. The number of rotatable bonds is 6. The van der Waals surface area contributed by atoms with Gasteiger partial charge < -0.3 is 10.8 Å². The Morgan fingerprint density at radius 3 is 2.44 bits per heavy atom. The summed E-state index contributed by atoms with van der Waals surface area (Å²) in [5, 5.41) is 18.2. The molecule has 0 fully saturated rings. The van der Waals surface area contributed by atoms with Crippen molar-refractivity contribution in [2.75, 3.05) is 0 Å². The summed E-state index contributed by atoms with van der Waals surface area (Å²) in [5.41, 5.74) is 5.88. The van der Waals surface area contributed by atoms with Gasteiger partial charge in [-0.15, -0.1) is 5.10 Å². The van der Waals surface area contributed by atoms with E-state index >= 15 is 0 Å². The highest BCUT2D eigenvalue weighted by molar-refractivity contribution is 6.00. The molecule has 1 unspecified atom stereocenters. The molecular formula is C24H22F3N5O2. The van der Waals surface area contributed by atoms with Crippen LogP contribution < -0.4 is 5.73 Å². The molecule has 0 aliphatic carbocycles. The molecule has 1 atom stereocenters. The number of amides is 1. The van der Waals surface area contributed by atoms with E-state index in [0.717, 1.165) is 28.3 Å². The predicted molar refractivity (Wildman–Crippen MR) is 120 cm³/mol. The third-order valence-electron chi connectivity index (χ3n) is 5.78. The molecule has 2 aromatic carbocycles. The van der Waals surface area contributed by atoms with Gasteiger partial charge in [-0.3, -0.25) is 4.79 Å². The zero-order valence-corrected chi connectivity index (χ0v) is 18.5. The first-order valence-electron chi connectivity index (χ1n) is 10.5. The molecule has 0 saturated carbocycles. The topological polar surface area (TPSA) is 107 Å². The summed E-state index contributed by atoms with van der Waals surface area (Å²) in [6, 6.07) is 14.8. The highest BCUT2D eigenvalue weighted by Gasteiger charge is 2.55. The number of aryl methyl sites for hydroxylation is 1. The minimum absolute atomic E-state index is 0.0862. The summed E-state index contributed by atoms with van der Waals surface area (Å²) in [6.45, 7) is 3.29. The van der Waals surface area contributed by atoms with Gasteiger partial charge in [-0.05, 0) is 42.2 Å². The zero-order chi connectivity index (χ0) is 24.7. The maximum Gasteiger partial charge on any atom is 0.423 e. The van der Waals surface area contributed by atoms with Gasteiger partial charge in [0.1, 0.15) is 11.4 Å². The molecule has 4 rings (SSSR count). The Morgan fingerprint density at radius 2 is 1.82 bits per heavy atom.